The third kappa shape index (κ3) is 3.42. The molecule has 2 rings (SSSR count). The van der Waals surface area contributed by atoms with E-state index in [0.717, 1.165) is 25.4 Å². The minimum absolute atomic E-state index is 0.0213. The smallest absolute Gasteiger partial charge is 0.158 e. The third-order valence-corrected chi connectivity index (χ3v) is 3.55. The van der Waals surface area contributed by atoms with Crippen molar-refractivity contribution in [2.45, 2.75) is 38.1 Å². The average Bonchev–Trinajstić information content (AvgIpc) is 2.66. The van der Waals surface area contributed by atoms with Gasteiger partial charge in [0.1, 0.15) is 0 Å². The standard InChI is InChI=1S/C12H24N2O2/c1-14-6-2-3-10(8-14)7-12-15-9-11(16-12)4-5-13/h10-12H,2-9,13H2,1H3. The van der Waals surface area contributed by atoms with Crippen LogP contribution >= 0.6 is 0 Å². The van der Waals surface area contributed by atoms with Crippen molar-refractivity contribution in [3.63, 3.8) is 0 Å². The van der Waals surface area contributed by atoms with Gasteiger partial charge in [-0.2, -0.15) is 0 Å². The van der Waals surface area contributed by atoms with Gasteiger partial charge in [0, 0.05) is 13.0 Å². The Hall–Kier alpha value is -0.160. The minimum atomic E-state index is 0.0213. The fourth-order valence-corrected chi connectivity index (χ4v) is 2.71. The van der Waals surface area contributed by atoms with E-state index in [-0.39, 0.29) is 12.4 Å². The summed E-state index contributed by atoms with van der Waals surface area (Å²) < 4.78 is 11.5. The molecule has 0 aromatic carbocycles. The SMILES string of the molecule is CN1CCCC(CC2OCC(CCN)O2)C1. The van der Waals surface area contributed by atoms with E-state index in [1.165, 1.54) is 25.9 Å². The van der Waals surface area contributed by atoms with Crippen LogP contribution in [0, 0.1) is 5.92 Å². The molecule has 0 radical (unpaired) electrons. The number of ether oxygens (including phenoxy) is 2. The molecular weight excluding hydrogens is 204 g/mol. The second kappa shape index (κ2) is 5.96. The molecule has 3 unspecified atom stereocenters. The molecule has 4 nitrogen and oxygen atoms in total. The van der Waals surface area contributed by atoms with Crippen LogP contribution in [0.15, 0.2) is 0 Å². The van der Waals surface area contributed by atoms with Gasteiger partial charge in [-0.1, -0.05) is 0 Å². The first-order valence-electron chi connectivity index (χ1n) is 6.43. The Morgan fingerprint density at radius 2 is 2.31 bits per heavy atom. The first-order chi connectivity index (χ1) is 7.78. The predicted molar refractivity (Wildman–Crippen MR) is 63.1 cm³/mol. The van der Waals surface area contributed by atoms with Crippen molar-refractivity contribution in [3.8, 4) is 0 Å². The highest BCUT2D eigenvalue weighted by Gasteiger charge is 2.29. The van der Waals surface area contributed by atoms with Crippen molar-refractivity contribution >= 4 is 0 Å². The van der Waals surface area contributed by atoms with Crippen molar-refractivity contribution in [3.05, 3.63) is 0 Å². The lowest BCUT2D eigenvalue weighted by Gasteiger charge is -2.30. The van der Waals surface area contributed by atoms with Gasteiger partial charge in [-0.15, -0.1) is 0 Å². The topological polar surface area (TPSA) is 47.7 Å². The Morgan fingerprint density at radius 1 is 1.44 bits per heavy atom. The van der Waals surface area contributed by atoms with Gasteiger partial charge in [0.25, 0.3) is 0 Å². The molecule has 0 aromatic rings. The van der Waals surface area contributed by atoms with Gasteiger partial charge in [-0.05, 0) is 45.3 Å². The summed E-state index contributed by atoms with van der Waals surface area (Å²) in [6.45, 7) is 3.83. The van der Waals surface area contributed by atoms with Gasteiger partial charge in [-0.3, -0.25) is 0 Å². The fraction of sp³-hybridized carbons (Fsp3) is 1.00. The molecule has 2 heterocycles. The highest BCUT2D eigenvalue weighted by atomic mass is 16.7. The van der Waals surface area contributed by atoms with Crippen LogP contribution in [0.25, 0.3) is 0 Å². The van der Waals surface area contributed by atoms with E-state index < -0.39 is 0 Å². The Labute approximate surface area is 98.1 Å². The molecule has 2 aliphatic heterocycles. The minimum Gasteiger partial charge on any atom is -0.350 e. The second-order valence-electron chi connectivity index (χ2n) is 5.10. The van der Waals surface area contributed by atoms with E-state index in [2.05, 4.69) is 11.9 Å². The molecule has 3 atom stereocenters. The van der Waals surface area contributed by atoms with Crippen LogP contribution in [0.2, 0.25) is 0 Å². The molecule has 0 spiro atoms. The van der Waals surface area contributed by atoms with Crippen LogP contribution in [0.1, 0.15) is 25.7 Å². The lowest BCUT2D eigenvalue weighted by atomic mass is 9.95. The Morgan fingerprint density at radius 3 is 3.06 bits per heavy atom. The molecule has 94 valence electrons. The van der Waals surface area contributed by atoms with E-state index in [1.54, 1.807) is 0 Å². The molecule has 2 saturated heterocycles. The summed E-state index contributed by atoms with van der Waals surface area (Å²) in [5.74, 6) is 0.736. The normalized spacial score (nSPS) is 36.8. The second-order valence-corrected chi connectivity index (χ2v) is 5.10. The molecule has 16 heavy (non-hydrogen) atoms. The summed E-state index contributed by atoms with van der Waals surface area (Å²) in [5, 5.41) is 0. The molecule has 4 heteroatoms. The third-order valence-electron chi connectivity index (χ3n) is 3.55. The first-order valence-corrected chi connectivity index (χ1v) is 6.43. The molecular formula is C12H24N2O2. The molecule has 0 bridgehead atoms. The summed E-state index contributed by atoms with van der Waals surface area (Å²) >= 11 is 0. The van der Waals surface area contributed by atoms with Crippen molar-refractivity contribution in [1.82, 2.24) is 4.90 Å². The zero-order valence-electron chi connectivity index (χ0n) is 10.2. The number of piperidine rings is 1. The van der Waals surface area contributed by atoms with Crippen LogP contribution in [0.5, 0.6) is 0 Å². The van der Waals surface area contributed by atoms with Gasteiger partial charge in [0.15, 0.2) is 6.29 Å². The maximum Gasteiger partial charge on any atom is 0.158 e. The van der Waals surface area contributed by atoms with Crippen molar-refractivity contribution in [2.24, 2.45) is 11.7 Å². The Balaban J connectivity index is 1.70. The summed E-state index contributed by atoms with van der Waals surface area (Å²) in [6.07, 6.45) is 4.84. The lowest BCUT2D eigenvalue weighted by molar-refractivity contribution is -0.0761. The van der Waals surface area contributed by atoms with Gasteiger partial charge < -0.3 is 20.1 Å². The maximum atomic E-state index is 5.82. The number of nitrogens with zero attached hydrogens (tertiary/aromatic N) is 1. The highest BCUT2D eigenvalue weighted by molar-refractivity contribution is 4.74. The number of hydrogen-bond donors (Lipinski definition) is 1. The van der Waals surface area contributed by atoms with Crippen LogP contribution in [0.3, 0.4) is 0 Å². The van der Waals surface area contributed by atoms with E-state index in [4.69, 9.17) is 15.2 Å². The summed E-state index contributed by atoms with van der Waals surface area (Å²) in [6, 6.07) is 0. The number of nitrogens with two attached hydrogens (primary N) is 1. The van der Waals surface area contributed by atoms with Crippen LogP contribution in [-0.4, -0.2) is 50.6 Å². The van der Waals surface area contributed by atoms with E-state index in [0.29, 0.717) is 6.54 Å². The summed E-state index contributed by atoms with van der Waals surface area (Å²) in [7, 11) is 2.19. The van der Waals surface area contributed by atoms with Crippen LogP contribution < -0.4 is 5.73 Å². The van der Waals surface area contributed by atoms with Crippen molar-refractivity contribution in [2.75, 3.05) is 33.3 Å². The molecule has 0 aromatic heterocycles. The predicted octanol–water partition coefficient (Wildman–Crippen LogP) is 0.809. The van der Waals surface area contributed by atoms with E-state index in [9.17, 15) is 0 Å². The molecule has 2 aliphatic rings. The van der Waals surface area contributed by atoms with Crippen LogP contribution in [-0.2, 0) is 9.47 Å². The van der Waals surface area contributed by atoms with Crippen LogP contribution in [0.4, 0.5) is 0 Å². The molecule has 0 amide bonds. The molecule has 0 aliphatic carbocycles. The maximum absolute atomic E-state index is 5.82. The zero-order chi connectivity index (χ0) is 11.4. The molecule has 2 N–H and O–H groups in total. The Kier molecular flexibility index (Phi) is 4.58. The quantitative estimate of drug-likeness (QED) is 0.773. The first kappa shape index (κ1) is 12.3. The van der Waals surface area contributed by atoms with E-state index >= 15 is 0 Å². The Bertz CT molecular complexity index is 213. The summed E-state index contributed by atoms with van der Waals surface area (Å²) in [4.78, 5) is 2.40. The summed E-state index contributed by atoms with van der Waals surface area (Å²) in [5.41, 5.74) is 5.51. The monoisotopic (exact) mass is 228 g/mol. The largest absolute Gasteiger partial charge is 0.350 e. The fourth-order valence-electron chi connectivity index (χ4n) is 2.71. The van der Waals surface area contributed by atoms with Gasteiger partial charge in [0.2, 0.25) is 0 Å². The van der Waals surface area contributed by atoms with Gasteiger partial charge in [-0.25, -0.2) is 0 Å². The van der Waals surface area contributed by atoms with Gasteiger partial charge >= 0.3 is 0 Å². The number of likely N-dealkylation sites (tertiary alicyclic amines) is 1. The number of hydrogen-bond acceptors (Lipinski definition) is 4. The molecule has 2 fully saturated rings. The average molecular weight is 228 g/mol. The van der Waals surface area contributed by atoms with Gasteiger partial charge in [0.05, 0.1) is 12.7 Å². The number of rotatable bonds is 4. The zero-order valence-corrected chi connectivity index (χ0v) is 10.2. The molecule has 0 saturated carbocycles. The van der Waals surface area contributed by atoms with Crippen molar-refractivity contribution in [1.29, 1.82) is 0 Å². The van der Waals surface area contributed by atoms with Crippen molar-refractivity contribution < 1.29 is 9.47 Å². The van der Waals surface area contributed by atoms with E-state index in [1.807, 2.05) is 0 Å². The lowest BCUT2D eigenvalue weighted by Crippen LogP contribution is -2.34. The highest BCUT2D eigenvalue weighted by Crippen LogP contribution is 2.25.